The van der Waals surface area contributed by atoms with Gasteiger partial charge < -0.3 is 10.4 Å². The van der Waals surface area contributed by atoms with E-state index in [2.05, 4.69) is 17.1 Å². The molecule has 3 nitrogen and oxygen atoms in total. The van der Waals surface area contributed by atoms with E-state index < -0.39 is 0 Å². The lowest BCUT2D eigenvalue weighted by Gasteiger charge is -2.45. The maximum absolute atomic E-state index is 9.66. The summed E-state index contributed by atoms with van der Waals surface area (Å²) in [5.74, 6) is 0. The number of aliphatic hydroxyl groups excluding tert-OH is 1. The van der Waals surface area contributed by atoms with E-state index in [0.29, 0.717) is 0 Å². The average Bonchev–Trinajstić information content (AvgIpc) is 2.63. The molecule has 2 bridgehead atoms. The summed E-state index contributed by atoms with van der Waals surface area (Å²) in [6.07, 6.45) is 10.00. The van der Waals surface area contributed by atoms with Crippen molar-refractivity contribution in [3.8, 4) is 0 Å². The van der Waals surface area contributed by atoms with Crippen molar-refractivity contribution in [1.29, 1.82) is 0 Å². The molecular weight excluding hydrogens is 224 g/mol. The summed E-state index contributed by atoms with van der Waals surface area (Å²) in [5, 5.41) is 13.3. The molecule has 3 aliphatic rings. The summed E-state index contributed by atoms with van der Waals surface area (Å²) >= 11 is 0. The van der Waals surface area contributed by atoms with Crippen molar-refractivity contribution in [2.75, 3.05) is 6.54 Å². The monoisotopic (exact) mass is 252 g/mol. The van der Waals surface area contributed by atoms with Gasteiger partial charge in [0.25, 0.3) is 0 Å². The molecule has 0 amide bonds. The molecule has 2 unspecified atom stereocenters. The fourth-order valence-corrected chi connectivity index (χ4v) is 4.62. The standard InChI is InChI=1S/C15H28N2O/c1-2-16-11-9-13-3-4-14(10-11)17(13)12-5-7-15(18)8-6-12/h11-16,18H,2-10H2,1H3. The molecule has 18 heavy (non-hydrogen) atoms. The molecule has 3 fully saturated rings. The second-order valence-corrected chi connectivity index (χ2v) is 6.52. The summed E-state index contributed by atoms with van der Waals surface area (Å²) in [6.45, 7) is 3.33. The molecule has 1 aliphatic carbocycles. The summed E-state index contributed by atoms with van der Waals surface area (Å²) in [6, 6.07) is 3.19. The molecule has 1 saturated carbocycles. The van der Waals surface area contributed by atoms with Gasteiger partial charge in [-0.3, -0.25) is 4.90 Å². The molecule has 3 heteroatoms. The molecule has 2 N–H and O–H groups in total. The summed E-state index contributed by atoms with van der Waals surface area (Å²) < 4.78 is 0. The summed E-state index contributed by atoms with van der Waals surface area (Å²) in [4.78, 5) is 2.85. The molecular formula is C15H28N2O. The number of nitrogens with zero attached hydrogens (tertiary/aromatic N) is 1. The van der Waals surface area contributed by atoms with Gasteiger partial charge in [0.15, 0.2) is 0 Å². The molecule has 0 spiro atoms. The fraction of sp³-hybridized carbons (Fsp3) is 1.00. The molecule has 0 aromatic rings. The van der Waals surface area contributed by atoms with Gasteiger partial charge in [0.1, 0.15) is 0 Å². The second-order valence-electron chi connectivity index (χ2n) is 6.52. The maximum Gasteiger partial charge on any atom is 0.0541 e. The van der Waals surface area contributed by atoms with E-state index in [1.807, 2.05) is 0 Å². The fourth-order valence-electron chi connectivity index (χ4n) is 4.62. The van der Waals surface area contributed by atoms with E-state index in [1.54, 1.807) is 0 Å². The van der Waals surface area contributed by atoms with Gasteiger partial charge >= 0.3 is 0 Å². The zero-order valence-electron chi connectivity index (χ0n) is 11.6. The molecule has 0 radical (unpaired) electrons. The predicted octanol–water partition coefficient (Wildman–Crippen LogP) is 1.89. The highest BCUT2D eigenvalue weighted by molar-refractivity contribution is 5.00. The van der Waals surface area contributed by atoms with Crippen LogP contribution in [0.3, 0.4) is 0 Å². The SMILES string of the molecule is CCNC1CC2CCC(C1)N2C1CCC(O)CC1. The summed E-state index contributed by atoms with van der Waals surface area (Å²) in [7, 11) is 0. The predicted molar refractivity (Wildman–Crippen MR) is 73.6 cm³/mol. The van der Waals surface area contributed by atoms with Gasteiger partial charge in [-0.25, -0.2) is 0 Å². The van der Waals surface area contributed by atoms with E-state index in [4.69, 9.17) is 0 Å². The van der Waals surface area contributed by atoms with Crippen LogP contribution in [-0.2, 0) is 0 Å². The lowest BCUT2D eigenvalue weighted by Crippen LogP contribution is -2.53. The number of piperidine rings is 1. The van der Waals surface area contributed by atoms with Crippen molar-refractivity contribution in [2.45, 2.75) is 88.6 Å². The van der Waals surface area contributed by atoms with Crippen LogP contribution in [0, 0.1) is 0 Å². The van der Waals surface area contributed by atoms with E-state index >= 15 is 0 Å². The average molecular weight is 252 g/mol. The lowest BCUT2D eigenvalue weighted by atomic mass is 9.87. The highest BCUT2D eigenvalue weighted by Gasteiger charge is 2.44. The first-order valence-electron chi connectivity index (χ1n) is 7.96. The van der Waals surface area contributed by atoms with Crippen molar-refractivity contribution < 1.29 is 5.11 Å². The number of rotatable bonds is 3. The smallest absolute Gasteiger partial charge is 0.0541 e. The topological polar surface area (TPSA) is 35.5 Å². The highest BCUT2D eigenvalue weighted by atomic mass is 16.3. The van der Waals surface area contributed by atoms with Gasteiger partial charge in [-0.1, -0.05) is 6.92 Å². The normalized spacial score (nSPS) is 45.3. The molecule has 0 aromatic carbocycles. The van der Waals surface area contributed by atoms with Gasteiger partial charge in [-0.2, -0.15) is 0 Å². The Morgan fingerprint density at radius 2 is 1.50 bits per heavy atom. The third-order valence-corrected chi connectivity index (χ3v) is 5.37. The first-order valence-corrected chi connectivity index (χ1v) is 7.96. The molecule has 2 aliphatic heterocycles. The number of fused-ring (bicyclic) bond motifs is 2. The minimum absolute atomic E-state index is 0.0156. The third-order valence-electron chi connectivity index (χ3n) is 5.37. The van der Waals surface area contributed by atoms with Crippen LogP contribution < -0.4 is 5.32 Å². The van der Waals surface area contributed by atoms with Crippen LogP contribution in [0.4, 0.5) is 0 Å². The number of hydrogen-bond acceptors (Lipinski definition) is 3. The van der Waals surface area contributed by atoms with E-state index in [-0.39, 0.29) is 6.10 Å². The first-order chi connectivity index (χ1) is 8.78. The van der Waals surface area contributed by atoms with Crippen molar-refractivity contribution in [2.24, 2.45) is 0 Å². The Hall–Kier alpha value is -0.120. The van der Waals surface area contributed by atoms with Gasteiger partial charge in [-0.05, 0) is 57.9 Å². The van der Waals surface area contributed by atoms with Crippen LogP contribution in [0.5, 0.6) is 0 Å². The first kappa shape index (κ1) is 12.9. The zero-order chi connectivity index (χ0) is 12.5. The number of hydrogen-bond donors (Lipinski definition) is 2. The molecule has 2 atom stereocenters. The Bertz CT molecular complexity index is 262. The Labute approximate surface area is 111 Å². The van der Waals surface area contributed by atoms with E-state index in [1.165, 1.54) is 38.5 Å². The number of nitrogens with one attached hydrogen (secondary N) is 1. The summed E-state index contributed by atoms with van der Waals surface area (Å²) in [5.41, 5.74) is 0. The van der Waals surface area contributed by atoms with Crippen LogP contribution in [0.25, 0.3) is 0 Å². The molecule has 3 rings (SSSR count). The van der Waals surface area contributed by atoms with Crippen LogP contribution >= 0.6 is 0 Å². The molecule has 2 saturated heterocycles. The van der Waals surface area contributed by atoms with Crippen molar-refractivity contribution in [1.82, 2.24) is 10.2 Å². The molecule has 104 valence electrons. The largest absolute Gasteiger partial charge is 0.393 e. The van der Waals surface area contributed by atoms with E-state index in [0.717, 1.165) is 43.6 Å². The van der Waals surface area contributed by atoms with Crippen LogP contribution in [0.15, 0.2) is 0 Å². The molecule has 2 heterocycles. The Morgan fingerprint density at radius 3 is 2.06 bits per heavy atom. The highest BCUT2D eigenvalue weighted by Crippen LogP contribution is 2.40. The Balaban J connectivity index is 1.61. The van der Waals surface area contributed by atoms with Crippen molar-refractivity contribution in [3.05, 3.63) is 0 Å². The maximum atomic E-state index is 9.66. The van der Waals surface area contributed by atoms with Gasteiger partial charge in [-0.15, -0.1) is 0 Å². The second kappa shape index (κ2) is 5.48. The quantitative estimate of drug-likeness (QED) is 0.805. The van der Waals surface area contributed by atoms with Crippen LogP contribution in [0.1, 0.15) is 58.3 Å². The van der Waals surface area contributed by atoms with Crippen LogP contribution in [0.2, 0.25) is 0 Å². The molecule has 0 aromatic heterocycles. The third kappa shape index (κ3) is 2.45. The van der Waals surface area contributed by atoms with Gasteiger partial charge in [0, 0.05) is 24.2 Å². The minimum Gasteiger partial charge on any atom is -0.393 e. The Morgan fingerprint density at radius 1 is 0.944 bits per heavy atom. The zero-order valence-corrected chi connectivity index (χ0v) is 11.6. The van der Waals surface area contributed by atoms with Crippen molar-refractivity contribution >= 4 is 0 Å². The van der Waals surface area contributed by atoms with Crippen LogP contribution in [-0.4, -0.2) is 46.8 Å². The van der Waals surface area contributed by atoms with Crippen molar-refractivity contribution in [3.63, 3.8) is 0 Å². The number of aliphatic hydroxyl groups is 1. The minimum atomic E-state index is -0.0156. The Kier molecular flexibility index (Phi) is 3.92. The van der Waals surface area contributed by atoms with Gasteiger partial charge in [0.05, 0.1) is 6.10 Å². The lowest BCUT2D eigenvalue weighted by molar-refractivity contribution is 0.0224. The van der Waals surface area contributed by atoms with Gasteiger partial charge in [0.2, 0.25) is 0 Å². The van der Waals surface area contributed by atoms with E-state index in [9.17, 15) is 5.11 Å².